The molecule has 0 aliphatic rings. The first-order valence-corrected chi connectivity index (χ1v) is 4.23. The number of esters is 1. The topological polar surface area (TPSA) is 59.3 Å². The van der Waals surface area contributed by atoms with Gasteiger partial charge < -0.3 is 9.47 Å². The van der Waals surface area contributed by atoms with Crippen LogP contribution in [0.1, 0.15) is 27.7 Å². The summed E-state index contributed by atoms with van der Waals surface area (Å²) >= 11 is 0. The SMILES string of the molecule is CC#N.CC(=O)OCCOC=C(C)C. The molecule has 4 heteroatoms. The molecule has 0 heterocycles. The van der Waals surface area contributed by atoms with Crippen molar-refractivity contribution in [1.29, 1.82) is 5.26 Å². The molecule has 0 unspecified atom stereocenters. The third kappa shape index (κ3) is 22.4. The third-order valence-electron chi connectivity index (χ3n) is 0.826. The molecule has 0 aliphatic heterocycles. The van der Waals surface area contributed by atoms with Gasteiger partial charge in [0.15, 0.2) is 0 Å². The fourth-order valence-corrected chi connectivity index (χ4v) is 0.459. The number of nitriles is 1. The Balaban J connectivity index is 0. The highest BCUT2D eigenvalue weighted by atomic mass is 16.6. The van der Waals surface area contributed by atoms with Crippen LogP contribution >= 0.6 is 0 Å². The molecule has 4 nitrogen and oxygen atoms in total. The molecule has 0 aromatic rings. The average Bonchev–Trinajstić information content (AvgIpc) is 2.04. The number of hydrogen-bond donors (Lipinski definition) is 0. The highest BCUT2D eigenvalue weighted by Crippen LogP contribution is 1.89. The van der Waals surface area contributed by atoms with Crippen molar-refractivity contribution in [3.8, 4) is 6.07 Å². The molecule has 0 amide bonds. The number of allylic oxidation sites excluding steroid dienone is 1. The van der Waals surface area contributed by atoms with Crippen LogP contribution in [0.25, 0.3) is 0 Å². The number of carbonyl (C=O) groups excluding carboxylic acids is 1. The van der Waals surface area contributed by atoms with Crippen LogP contribution in [0.5, 0.6) is 0 Å². The molecule has 80 valence electrons. The third-order valence-corrected chi connectivity index (χ3v) is 0.826. The van der Waals surface area contributed by atoms with Gasteiger partial charge in [0.05, 0.1) is 12.3 Å². The van der Waals surface area contributed by atoms with Crippen LogP contribution in [0.15, 0.2) is 11.8 Å². The zero-order valence-corrected chi connectivity index (χ0v) is 9.16. The summed E-state index contributed by atoms with van der Waals surface area (Å²) in [6.45, 7) is 7.42. The lowest BCUT2D eigenvalue weighted by molar-refractivity contribution is -0.141. The second-order valence-corrected chi connectivity index (χ2v) is 2.63. The van der Waals surface area contributed by atoms with Crippen LogP contribution in [0.3, 0.4) is 0 Å². The average molecular weight is 199 g/mol. The molecule has 0 saturated carbocycles. The molecule has 0 aliphatic carbocycles. The van der Waals surface area contributed by atoms with Crippen LogP contribution < -0.4 is 0 Å². The molecular weight excluding hydrogens is 182 g/mol. The van der Waals surface area contributed by atoms with E-state index in [1.807, 2.05) is 13.8 Å². The summed E-state index contributed by atoms with van der Waals surface area (Å²) < 4.78 is 9.64. The first-order valence-electron chi connectivity index (χ1n) is 4.23. The van der Waals surface area contributed by atoms with Gasteiger partial charge in [0.1, 0.15) is 13.2 Å². The van der Waals surface area contributed by atoms with Gasteiger partial charge in [-0.05, 0) is 19.4 Å². The van der Waals surface area contributed by atoms with Crippen molar-refractivity contribution < 1.29 is 14.3 Å². The van der Waals surface area contributed by atoms with E-state index in [1.165, 1.54) is 13.8 Å². The summed E-state index contributed by atoms with van der Waals surface area (Å²) in [5.41, 5.74) is 1.09. The molecular formula is C10H17NO3. The van der Waals surface area contributed by atoms with Crippen LogP contribution in [0.2, 0.25) is 0 Å². The van der Waals surface area contributed by atoms with E-state index < -0.39 is 0 Å². The summed E-state index contributed by atoms with van der Waals surface area (Å²) in [5.74, 6) is -0.272. The minimum absolute atomic E-state index is 0.272. The van der Waals surface area contributed by atoms with Crippen molar-refractivity contribution in [2.24, 2.45) is 0 Å². The molecule has 14 heavy (non-hydrogen) atoms. The molecule has 0 radical (unpaired) electrons. The smallest absolute Gasteiger partial charge is 0.302 e. The Labute approximate surface area is 85.1 Å². The quantitative estimate of drug-likeness (QED) is 0.395. The Kier molecular flexibility index (Phi) is 12.3. The largest absolute Gasteiger partial charge is 0.498 e. The maximum Gasteiger partial charge on any atom is 0.302 e. The highest BCUT2D eigenvalue weighted by molar-refractivity contribution is 5.65. The van der Waals surface area contributed by atoms with Gasteiger partial charge in [-0.15, -0.1) is 0 Å². The Morgan fingerprint density at radius 1 is 1.36 bits per heavy atom. The molecule has 0 saturated heterocycles. The predicted molar refractivity (Wildman–Crippen MR) is 53.3 cm³/mol. The number of rotatable bonds is 4. The van der Waals surface area contributed by atoms with E-state index in [1.54, 1.807) is 12.3 Å². The second-order valence-electron chi connectivity index (χ2n) is 2.63. The van der Waals surface area contributed by atoms with Crippen molar-refractivity contribution in [2.75, 3.05) is 13.2 Å². The Hall–Kier alpha value is -1.50. The summed E-state index contributed by atoms with van der Waals surface area (Å²) in [6, 6.07) is 1.75. The van der Waals surface area contributed by atoms with E-state index in [0.29, 0.717) is 13.2 Å². The van der Waals surface area contributed by atoms with E-state index in [9.17, 15) is 4.79 Å². The fraction of sp³-hybridized carbons (Fsp3) is 0.600. The monoisotopic (exact) mass is 199 g/mol. The molecule has 0 bridgehead atoms. The van der Waals surface area contributed by atoms with Gasteiger partial charge in [-0.1, -0.05) is 0 Å². The zero-order chi connectivity index (χ0) is 11.4. The second kappa shape index (κ2) is 11.5. The van der Waals surface area contributed by atoms with E-state index >= 15 is 0 Å². The normalized spacial score (nSPS) is 7.36. The van der Waals surface area contributed by atoms with Crippen LogP contribution in [-0.2, 0) is 14.3 Å². The first kappa shape index (κ1) is 15.0. The van der Waals surface area contributed by atoms with Gasteiger partial charge in [0.2, 0.25) is 0 Å². The van der Waals surface area contributed by atoms with Gasteiger partial charge in [-0.3, -0.25) is 4.79 Å². The van der Waals surface area contributed by atoms with E-state index in [4.69, 9.17) is 10.00 Å². The predicted octanol–water partition coefficient (Wildman–Crippen LogP) is 2.02. The van der Waals surface area contributed by atoms with Crippen molar-refractivity contribution >= 4 is 5.97 Å². The number of carbonyl (C=O) groups is 1. The Bertz CT molecular complexity index is 212. The van der Waals surface area contributed by atoms with Crippen LogP contribution in [-0.4, -0.2) is 19.2 Å². The number of ether oxygens (including phenoxy) is 2. The molecule has 0 fully saturated rings. The minimum Gasteiger partial charge on any atom is -0.498 e. The van der Waals surface area contributed by atoms with Crippen LogP contribution in [0.4, 0.5) is 0 Å². The summed E-state index contributed by atoms with van der Waals surface area (Å²) in [4.78, 5) is 10.2. The Morgan fingerprint density at radius 3 is 2.21 bits per heavy atom. The highest BCUT2D eigenvalue weighted by Gasteiger charge is 1.90. The van der Waals surface area contributed by atoms with Gasteiger partial charge in [-0.2, -0.15) is 5.26 Å². The van der Waals surface area contributed by atoms with Gasteiger partial charge in [0, 0.05) is 13.8 Å². The minimum atomic E-state index is -0.272. The lowest BCUT2D eigenvalue weighted by Gasteiger charge is -2.01. The standard InChI is InChI=1S/C8H14O3.C2H3N/c1-7(2)6-10-4-5-11-8(3)9;1-2-3/h6H,4-5H2,1-3H3;1H3. The van der Waals surface area contributed by atoms with Gasteiger partial charge >= 0.3 is 5.97 Å². The van der Waals surface area contributed by atoms with Gasteiger partial charge in [0.25, 0.3) is 0 Å². The maximum atomic E-state index is 10.2. The lowest BCUT2D eigenvalue weighted by atomic mass is 10.4. The maximum absolute atomic E-state index is 10.2. The molecule has 0 N–H and O–H groups in total. The Morgan fingerprint density at radius 2 is 1.86 bits per heavy atom. The zero-order valence-electron chi connectivity index (χ0n) is 9.16. The molecule has 0 aromatic heterocycles. The van der Waals surface area contributed by atoms with E-state index in [-0.39, 0.29) is 5.97 Å². The van der Waals surface area contributed by atoms with Crippen LogP contribution in [0, 0.1) is 11.3 Å². The molecule has 0 spiro atoms. The molecule has 0 rings (SSSR count). The first-order chi connectivity index (χ1) is 6.54. The van der Waals surface area contributed by atoms with Crippen molar-refractivity contribution in [3.05, 3.63) is 11.8 Å². The molecule has 0 aromatic carbocycles. The summed E-state index contributed by atoms with van der Waals surface area (Å²) in [5, 5.41) is 7.32. The summed E-state index contributed by atoms with van der Waals surface area (Å²) in [7, 11) is 0. The van der Waals surface area contributed by atoms with Crippen molar-refractivity contribution in [3.63, 3.8) is 0 Å². The summed E-state index contributed by atoms with van der Waals surface area (Å²) in [6.07, 6.45) is 1.64. The van der Waals surface area contributed by atoms with Crippen molar-refractivity contribution in [1.82, 2.24) is 0 Å². The molecule has 0 atom stereocenters. The van der Waals surface area contributed by atoms with Gasteiger partial charge in [-0.25, -0.2) is 0 Å². The lowest BCUT2D eigenvalue weighted by Crippen LogP contribution is -2.05. The van der Waals surface area contributed by atoms with Crippen molar-refractivity contribution in [2.45, 2.75) is 27.7 Å². The van der Waals surface area contributed by atoms with E-state index in [2.05, 4.69) is 4.74 Å². The van der Waals surface area contributed by atoms with E-state index in [0.717, 1.165) is 5.57 Å². The number of hydrogen-bond acceptors (Lipinski definition) is 4. The number of nitrogens with zero attached hydrogens (tertiary/aromatic N) is 1. The fourth-order valence-electron chi connectivity index (χ4n) is 0.459.